The van der Waals surface area contributed by atoms with Crippen molar-refractivity contribution < 1.29 is 18.0 Å². The van der Waals surface area contributed by atoms with Crippen molar-refractivity contribution in [2.75, 3.05) is 5.32 Å². The third-order valence-electron chi connectivity index (χ3n) is 2.73. The molecule has 0 saturated carbocycles. The van der Waals surface area contributed by atoms with Gasteiger partial charge in [0, 0.05) is 6.42 Å². The Morgan fingerprint density at radius 1 is 1.32 bits per heavy atom. The molecule has 2 aromatic rings. The Kier molecular flexibility index (Phi) is 4.78. The van der Waals surface area contributed by atoms with E-state index in [-0.39, 0.29) is 11.6 Å². The molecule has 0 fully saturated rings. The van der Waals surface area contributed by atoms with Gasteiger partial charge in [-0.15, -0.1) is 0 Å². The summed E-state index contributed by atoms with van der Waals surface area (Å²) in [5.41, 5.74) is -0.316. The Morgan fingerprint density at radius 3 is 2.55 bits per heavy atom. The van der Waals surface area contributed by atoms with Crippen molar-refractivity contribution in [3.63, 3.8) is 0 Å². The van der Waals surface area contributed by atoms with Crippen molar-refractivity contribution >= 4 is 22.4 Å². The highest BCUT2D eigenvalue weighted by atomic mass is 32.1. The number of benzene rings is 1. The number of thiazole rings is 1. The van der Waals surface area contributed by atoms with E-state index in [2.05, 4.69) is 10.3 Å². The number of carbonyl (C=O) groups is 1. The highest BCUT2D eigenvalue weighted by Crippen LogP contribution is 2.35. The van der Waals surface area contributed by atoms with E-state index in [0.717, 1.165) is 5.56 Å². The van der Waals surface area contributed by atoms with Gasteiger partial charge in [0.25, 0.3) is 0 Å². The summed E-state index contributed by atoms with van der Waals surface area (Å²) >= 11 is 0.512. The van der Waals surface area contributed by atoms with Gasteiger partial charge < -0.3 is 5.32 Å². The summed E-state index contributed by atoms with van der Waals surface area (Å²) in [6.07, 6.45) is -4.13. The van der Waals surface area contributed by atoms with Gasteiger partial charge >= 0.3 is 6.18 Å². The third kappa shape index (κ3) is 4.05. The maximum absolute atomic E-state index is 12.6. The fourth-order valence-electron chi connectivity index (χ4n) is 1.73. The minimum atomic E-state index is -4.71. The van der Waals surface area contributed by atoms with Crippen molar-refractivity contribution in [1.29, 1.82) is 5.26 Å². The first kappa shape index (κ1) is 16.0. The molecule has 8 heteroatoms. The van der Waals surface area contributed by atoms with E-state index < -0.39 is 22.7 Å². The van der Waals surface area contributed by atoms with Gasteiger partial charge in [-0.1, -0.05) is 41.7 Å². The molecule has 4 nitrogen and oxygen atoms in total. The molecular formula is C14H10F3N3OS. The molecule has 0 unspecified atom stereocenters. The number of hydrogen-bond acceptors (Lipinski definition) is 4. The quantitative estimate of drug-likeness (QED) is 0.934. The van der Waals surface area contributed by atoms with E-state index in [9.17, 15) is 18.0 Å². The van der Waals surface area contributed by atoms with E-state index in [0.29, 0.717) is 17.8 Å². The maximum atomic E-state index is 12.6. The lowest BCUT2D eigenvalue weighted by Crippen LogP contribution is -2.13. The van der Waals surface area contributed by atoms with Crippen LogP contribution >= 0.6 is 11.3 Å². The van der Waals surface area contributed by atoms with E-state index in [1.807, 2.05) is 30.3 Å². The summed E-state index contributed by atoms with van der Waals surface area (Å²) < 4.78 is 37.9. The zero-order chi connectivity index (χ0) is 16.2. The number of nitriles is 1. The van der Waals surface area contributed by atoms with Crippen molar-refractivity contribution in [2.24, 2.45) is 0 Å². The average Bonchev–Trinajstić information content (AvgIpc) is 2.89. The van der Waals surface area contributed by atoms with Crippen LogP contribution in [0.1, 0.15) is 22.6 Å². The van der Waals surface area contributed by atoms with Gasteiger partial charge in [-0.3, -0.25) is 4.79 Å². The number of nitrogens with zero attached hydrogens (tertiary/aromatic N) is 2. The van der Waals surface area contributed by atoms with Gasteiger partial charge in [0.05, 0.1) is 0 Å². The molecule has 1 aromatic carbocycles. The lowest BCUT2D eigenvalue weighted by atomic mass is 10.1. The molecule has 1 N–H and O–H groups in total. The summed E-state index contributed by atoms with van der Waals surface area (Å²) in [5.74, 6) is -0.448. The Labute approximate surface area is 128 Å². The van der Waals surface area contributed by atoms with Crippen molar-refractivity contribution in [3.05, 3.63) is 46.5 Å². The molecule has 0 aliphatic rings. The lowest BCUT2D eigenvalue weighted by Gasteiger charge is -2.03. The van der Waals surface area contributed by atoms with Crippen LogP contribution in [0.25, 0.3) is 0 Å². The number of hydrogen-bond donors (Lipinski definition) is 1. The van der Waals surface area contributed by atoms with Crippen molar-refractivity contribution in [2.45, 2.75) is 19.0 Å². The SMILES string of the molecule is N#Cc1sc(NC(=O)CCc2ccccc2)nc1C(F)(F)F. The van der Waals surface area contributed by atoms with Gasteiger partial charge in [0.2, 0.25) is 5.91 Å². The number of nitrogens with one attached hydrogen (secondary N) is 1. The fraction of sp³-hybridized carbons (Fsp3) is 0.214. The number of aromatic nitrogens is 1. The standard InChI is InChI=1S/C14H10F3N3OS/c15-14(16,17)12-10(8-18)22-13(20-12)19-11(21)7-6-9-4-2-1-3-5-9/h1-5H,6-7H2,(H,19,20,21). The second-order valence-electron chi connectivity index (χ2n) is 4.34. The Morgan fingerprint density at radius 2 is 2.00 bits per heavy atom. The highest BCUT2D eigenvalue weighted by Gasteiger charge is 2.37. The first-order chi connectivity index (χ1) is 10.4. The summed E-state index contributed by atoms with van der Waals surface area (Å²) in [7, 11) is 0. The molecule has 0 spiro atoms. The molecule has 0 aliphatic carbocycles. The van der Waals surface area contributed by atoms with Crippen LogP contribution in [0.3, 0.4) is 0 Å². The van der Waals surface area contributed by atoms with Crippen LogP contribution in [-0.2, 0) is 17.4 Å². The normalized spacial score (nSPS) is 11.0. The Bertz CT molecular complexity index is 704. The predicted octanol–water partition coefficient (Wildman–Crippen LogP) is 3.60. The zero-order valence-electron chi connectivity index (χ0n) is 11.1. The molecule has 2 rings (SSSR count). The number of carbonyl (C=O) groups excluding carboxylic acids is 1. The first-order valence-corrected chi connectivity index (χ1v) is 7.03. The summed E-state index contributed by atoms with van der Waals surface area (Å²) in [6, 6.07) is 10.7. The van der Waals surface area contributed by atoms with Crippen LogP contribution in [0.15, 0.2) is 30.3 Å². The monoisotopic (exact) mass is 325 g/mol. The Balaban J connectivity index is 2.00. The van der Waals surface area contributed by atoms with E-state index in [1.165, 1.54) is 6.07 Å². The minimum absolute atomic E-state index is 0.118. The van der Waals surface area contributed by atoms with E-state index >= 15 is 0 Å². The van der Waals surface area contributed by atoms with Gasteiger partial charge in [-0.2, -0.15) is 18.4 Å². The van der Waals surface area contributed by atoms with Crippen LogP contribution < -0.4 is 5.32 Å². The summed E-state index contributed by atoms with van der Waals surface area (Å²) in [5, 5.41) is 10.8. The largest absolute Gasteiger partial charge is 0.435 e. The minimum Gasteiger partial charge on any atom is -0.302 e. The zero-order valence-corrected chi connectivity index (χ0v) is 12.0. The molecule has 0 aliphatic heterocycles. The van der Waals surface area contributed by atoms with Gasteiger partial charge in [0.1, 0.15) is 10.9 Å². The van der Waals surface area contributed by atoms with Crippen molar-refractivity contribution in [3.8, 4) is 6.07 Å². The molecule has 0 radical (unpaired) electrons. The fourth-order valence-corrected chi connectivity index (χ4v) is 2.52. The smallest absolute Gasteiger partial charge is 0.302 e. The predicted molar refractivity (Wildman–Crippen MR) is 75.2 cm³/mol. The number of anilines is 1. The van der Waals surface area contributed by atoms with Crippen LogP contribution in [0, 0.1) is 11.3 Å². The van der Waals surface area contributed by atoms with Gasteiger partial charge in [-0.25, -0.2) is 4.98 Å². The highest BCUT2D eigenvalue weighted by molar-refractivity contribution is 7.16. The molecule has 22 heavy (non-hydrogen) atoms. The second-order valence-corrected chi connectivity index (χ2v) is 5.34. The average molecular weight is 325 g/mol. The molecule has 0 saturated heterocycles. The number of halogens is 3. The van der Waals surface area contributed by atoms with E-state index in [4.69, 9.17) is 5.26 Å². The summed E-state index contributed by atoms with van der Waals surface area (Å²) in [6.45, 7) is 0. The number of rotatable bonds is 4. The first-order valence-electron chi connectivity index (χ1n) is 6.22. The molecule has 0 atom stereocenters. The summed E-state index contributed by atoms with van der Waals surface area (Å²) in [4.78, 5) is 14.5. The molecule has 1 amide bonds. The topological polar surface area (TPSA) is 65.8 Å². The van der Waals surface area contributed by atoms with Crippen LogP contribution in [-0.4, -0.2) is 10.9 Å². The van der Waals surface area contributed by atoms with E-state index in [1.54, 1.807) is 0 Å². The van der Waals surface area contributed by atoms with Crippen molar-refractivity contribution in [1.82, 2.24) is 4.98 Å². The number of aryl methyl sites for hydroxylation is 1. The second kappa shape index (κ2) is 6.58. The molecular weight excluding hydrogens is 315 g/mol. The molecule has 1 heterocycles. The molecule has 1 aromatic heterocycles. The Hall–Kier alpha value is -2.40. The third-order valence-corrected chi connectivity index (χ3v) is 3.60. The maximum Gasteiger partial charge on any atom is 0.435 e. The number of amides is 1. The van der Waals surface area contributed by atoms with Crippen LogP contribution in [0.2, 0.25) is 0 Å². The van der Waals surface area contributed by atoms with Gasteiger partial charge in [-0.05, 0) is 12.0 Å². The number of alkyl halides is 3. The molecule has 114 valence electrons. The molecule has 0 bridgehead atoms. The van der Waals surface area contributed by atoms with Crippen LogP contribution in [0.5, 0.6) is 0 Å². The van der Waals surface area contributed by atoms with Crippen LogP contribution in [0.4, 0.5) is 18.3 Å². The lowest BCUT2D eigenvalue weighted by molar-refractivity contribution is -0.140. The van der Waals surface area contributed by atoms with Gasteiger partial charge in [0.15, 0.2) is 10.8 Å².